The number of halogens is 2. The van der Waals surface area contributed by atoms with Gasteiger partial charge in [-0.15, -0.1) is 0 Å². The van der Waals surface area contributed by atoms with E-state index in [-0.39, 0.29) is 18.5 Å². The lowest BCUT2D eigenvalue weighted by Gasteiger charge is -2.46. The summed E-state index contributed by atoms with van der Waals surface area (Å²) in [7, 11) is 0. The molecule has 0 spiro atoms. The molecule has 4 nitrogen and oxygen atoms in total. The van der Waals surface area contributed by atoms with Crippen molar-refractivity contribution in [2.75, 3.05) is 13.2 Å². The van der Waals surface area contributed by atoms with Crippen LogP contribution in [0.2, 0.25) is 0 Å². The first kappa shape index (κ1) is 21.8. The maximum absolute atomic E-state index is 13.5. The van der Waals surface area contributed by atoms with E-state index in [9.17, 15) is 14.3 Å². The van der Waals surface area contributed by atoms with Gasteiger partial charge in [-0.3, -0.25) is 0 Å². The first-order chi connectivity index (χ1) is 13.7. The number of hydrogen-bond donors (Lipinski definition) is 1. The maximum Gasteiger partial charge on any atom is 0.411 e. The predicted molar refractivity (Wildman–Crippen MR) is 114 cm³/mol. The highest BCUT2D eigenvalue weighted by Gasteiger charge is 2.46. The Hall–Kier alpha value is -1.92. The maximum atomic E-state index is 13.5. The molecule has 0 radical (unpaired) electrons. The lowest BCUT2D eigenvalue weighted by atomic mass is 9.75. The van der Waals surface area contributed by atoms with E-state index in [0.717, 1.165) is 15.6 Å². The van der Waals surface area contributed by atoms with E-state index in [1.807, 2.05) is 45.0 Å². The number of aliphatic hydroxyl groups is 1. The largest absolute Gasteiger partial charge is 0.438 e. The van der Waals surface area contributed by atoms with Gasteiger partial charge in [0.25, 0.3) is 0 Å². The molecule has 1 fully saturated rings. The second-order valence-electron chi connectivity index (χ2n) is 8.54. The number of nitrogens with zero attached hydrogens (tertiary/aromatic N) is 1. The smallest absolute Gasteiger partial charge is 0.411 e. The van der Waals surface area contributed by atoms with Gasteiger partial charge in [0.05, 0.1) is 6.04 Å². The van der Waals surface area contributed by atoms with Gasteiger partial charge in [-0.2, -0.15) is 0 Å². The van der Waals surface area contributed by atoms with Crippen LogP contribution in [0.25, 0.3) is 0 Å². The van der Waals surface area contributed by atoms with Gasteiger partial charge in [0.1, 0.15) is 11.4 Å². The zero-order chi connectivity index (χ0) is 21.2. The van der Waals surface area contributed by atoms with Gasteiger partial charge >= 0.3 is 6.09 Å². The van der Waals surface area contributed by atoms with Gasteiger partial charge in [-0.1, -0.05) is 54.0 Å². The Balaban J connectivity index is 1.88. The summed E-state index contributed by atoms with van der Waals surface area (Å²) in [6.45, 7) is 6.32. The fourth-order valence-electron chi connectivity index (χ4n) is 3.95. The summed E-state index contributed by atoms with van der Waals surface area (Å²) in [6, 6.07) is 13.8. The van der Waals surface area contributed by atoms with Crippen molar-refractivity contribution in [2.45, 2.75) is 45.3 Å². The van der Waals surface area contributed by atoms with E-state index < -0.39 is 17.1 Å². The number of aliphatic hydroxyl groups excluding tert-OH is 1. The molecule has 29 heavy (non-hydrogen) atoms. The molecule has 0 unspecified atom stereocenters. The number of hydrogen-bond acceptors (Lipinski definition) is 3. The molecule has 2 atom stereocenters. The first-order valence-electron chi connectivity index (χ1n) is 9.78. The molecule has 2 aromatic carbocycles. The van der Waals surface area contributed by atoms with Crippen LogP contribution in [0.3, 0.4) is 0 Å². The van der Waals surface area contributed by atoms with Crippen LogP contribution in [0, 0.1) is 11.2 Å². The Kier molecular flexibility index (Phi) is 6.34. The Labute approximate surface area is 179 Å². The van der Waals surface area contributed by atoms with Crippen molar-refractivity contribution in [3.8, 4) is 0 Å². The summed E-state index contributed by atoms with van der Waals surface area (Å²) >= 11 is 3.43. The molecule has 1 saturated heterocycles. The van der Waals surface area contributed by atoms with Crippen LogP contribution < -0.4 is 0 Å². The Bertz CT molecular complexity index is 853. The molecule has 3 rings (SSSR count). The molecular weight excluding hydrogens is 437 g/mol. The minimum atomic E-state index is -0.896. The quantitative estimate of drug-likeness (QED) is 0.588. The third-order valence-electron chi connectivity index (χ3n) is 5.66. The average Bonchev–Trinajstić information content (AvgIpc) is 2.68. The van der Waals surface area contributed by atoms with Gasteiger partial charge < -0.3 is 14.7 Å². The number of carbonyl (C=O) groups excluding carboxylic acids is 1. The highest BCUT2D eigenvalue weighted by molar-refractivity contribution is 9.10. The second-order valence-corrected chi connectivity index (χ2v) is 9.45. The average molecular weight is 464 g/mol. The van der Waals surface area contributed by atoms with Crippen molar-refractivity contribution >= 4 is 22.0 Å². The number of ether oxygens (including phenoxy) is 1. The predicted octanol–water partition coefficient (Wildman–Crippen LogP) is 5.80. The summed E-state index contributed by atoms with van der Waals surface area (Å²) in [5.41, 5.74) is 0.432. The molecular formula is C23H27BrFNO3. The molecule has 1 N–H and O–H groups in total. The van der Waals surface area contributed by atoms with Gasteiger partial charge in [0.15, 0.2) is 0 Å². The van der Waals surface area contributed by atoms with Gasteiger partial charge in [0, 0.05) is 24.0 Å². The number of amides is 1. The summed E-state index contributed by atoms with van der Waals surface area (Å²) < 4.78 is 20.5. The third-order valence-corrected chi connectivity index (χ3v) is 6.18. The minimum absolute atomic E-state index is 0.0352. The third kappa shape index (κ3) is 4.81. The lowest BCUT2D eigenvalue weighted by molar-refractivity contribution is -0.0881. The summed E-state index contributed by atoms with van der Waals surface area (Å²) in [6.07, 6.45) is 0.619. The van der Waals surface area contributed by atoms with Crippen LogP contribution in [-0.4, -0.2) is 29.3 Å². The molecule has 0 saturated carbocycles. The number of benzene rings is 2. The van der Waals surface area contributed by atoms with Gasteiger partial charge in [-0.25, -0.2) is 9.18 Å². The molecule has 0 aromatic heterocycles. The van der Waals surface area contributed by atoms with Crippen molar-refractivity contribution in [3.63, 3.8) is 0 Å². The normalized spacial score (nSPS) is 21.0. The van der Waals surface area contributed by atoms with Crippen molar-refractivity contribution < 1.29 is 19.0 Å². The summed E-state index contributed by atoms with van der Waals surface area (Å²) in [4.78, 5) is 14.8. The van der Waals surface area contributed by atoms with E-state index >= 15 is 0 Å². The molecule has 6 heteroatoms. The fourth-order valence-corrected chi connectivity index (χ4v) is 4.22. The number of rotatable bonds is 6. The van der Waals surface area contributed by atoms with E-state index in [4.69, 9.17) is 4.74 Å². The summed E-state index contributed by atoms with van der Waals surface area (Å²) in [5.74, 6) is -0.335. The summed E-state index contributed by atoms with van der Waals surface area (Å²) in [5, 5.41) is 9.79. The van der Waals surface area contributed by atoms with Gasteiger partial charge in [-0.05, 0) is 54.2 Å². The lowest BCUT2D eigenvalue weighted by Crippen LogP contribution is -2.50. The Morgan fingerprint density at radius 2 is 1.83 bits per heavy atom. The Morgan fingerprint density at radius 1 is 1.21 bits per heavy atom. The van der Waals surface area contributed by atoms with Crippen LogP contribution in [0.15, 0.2) is 53.0 Å². The molecule has 1 aliphatic rings. The molecule has 1 heterocycles. The topological polar surface area (TPSA) is 49.8 Å². The number of cyclic esters (lactones) is 1. The highest BCUT2D eigenvalue weighted by atomic mass is 79.9. The van der Waals surface area contributed by atoms with Crippen molar-refractivity contribution in [1.82, 2.24) is 4.90 Å². The van der Waals surface area contributed by atoms with E-state index in [1.165, 1.54) is 12.1 Å². The second kappa shape index (κ2) is 8.44. The molecule has 156 valence electrons. The van der Waals surface area contributed by atoms with Crippen LogP contribution in [0.5, 0.6) is 0 Å². The van der Waals surface area contributed by atoms with Crippen LogP contribution >= 0.6 is 15.9 Å². The molecule has 0 aliphatic carbocycles. The Morgan fingerprint density at radius 3 is 2.38 bits per heavy atom. The minimum Gasteiger partial charge on any atom is -0.438 e. The van der Waals surface area contributed by atoms with E-state index in [0.29, 0.717) is 19.4 Å². The molecule has 1 amide bonds. The highest BCUT2D eigenvalue weighted by Crippen LogP contribution is 2.44. The zero-order valence-corrected chi connectivity index (χ0v) is 18.6. The van der Waals surface area contributed by atoms with Crippen LogP contribution in [0.4, 0.5) is 9.18 Å². The van der Waals surface area contributed by atoms with Crippen molar-refractivity contribution in [2.24, 2.45) is 5.41 Å². The molecule has 1 aliphatic heterocycles. The molecule has 0 bridgehead atoms. The number of carbonyl (C=O) groups is 1. The van der Waals surface area contributed by atoms with Crippen molar-refractivity contribution in [1.29, 1.82) is 0 Å². The standard InChI is InChI=1S/C23H27BrFNO3/c1-16(17-4-8-19(24)9-5-17)26-13-12-23(29-21(26)28,14-22(2,3)15-27)18-6-10-20(25)11-7-18/h4-11,16,27H,12-15H2,1-3H3/t16-,23-/m0/s1. The van der Waals surface area contributed by atoms with E-state index in [1.54, 1.807) is 17.0 Å². The zero-order valence-electron chi connectivity index (χ0n) is 17.0. The SMILES string of the molecule is C[C@@H](c1ccc(Br)cc1)N1CC[C@](CC(C)(C)CO)(c2ccc(F)cc2)OC1=O. The van der Waals surface area contributed by atoms with E-state index in [2.05, 4.69) is 15.9 Å². The first-order valence-corrected chi connectivity index (χ1v) is 10.6. The van der Waals surface area contributed by atoms with Crippen molar-refractivity contribution in [3.05, 3.63) is 69.9 Å². The van der Waals surface area contributed by atoms with Crippen LogP contribution in [0.1, 0.15) is 50.8 Å². The molecule has 2 aromatic rings. The van der Waals surface area contributed by atoms with Gasteiger partial charge in [0.2, 0.25) is 0 Å². The van der Waals surface area contributed by atoms with Crippen LogP contribution in [-0.2, 0) is 10.3 Å². The fraction of sp³-hybridized carbons (Fsp3) is 0.435. The monoisotopic (exact) mass is 463 g/mol.